The van der Waals surface area contributed by atoms with Gasteiger partial charge in [-0.25, -0.2) is 0 Å². The topological polar surface area (TPSA) is 12.0 Å². The molecule has 0 heterocycles. The van der Waals surface area contributed by atoms with E-state index in [1.54, 1.807) is 0 Å². The Bertz CT molecular complexity index is 273. The fraction of sp³-hybridized carbons (Fsp3) is 0.692. The fourth-order valence-electron chi connectivity index (χ4n) is 2.96. The minimum absolute atomic E-state index is 0.202. The predicted octanol–water partition coefficient (Wildman–Crippen LogP) is 2.20. The summed E-state index contributed by atoms with van der Waals surface area (Å²) in [5, 5.41) is 3.49. The second-order valence-corrected chi connectivity index (χ2v) is 4.79. The Hall–Kier alpha value is -0.740. The van der Waals surface area contributed by atoms with Crippen molar-refractivity contribution in [1.29, 1.82) is 0 Å². The van der Waals surface area contributed by atoms with Gasteiger partial charge in [0, 0.05) is 6.04 Å². The Morgan fingerprint density at radius 3 is 2.64 bits per heavy atom. The van der Waals surface area contributed by atoms with Crippen molar-refractivity contribution in [2.45, 2.75) is 38.8 Å². The molecule has 0 amide bonds. The van der Waals surface area contributed by atoms with Gasteiger partial charge in [0.05, 0.1) is 6.04 Å². The molecule has 5 atom stereocenters. The zero-order chi connectivity index (χ0) is 10.1. The molecule has 0 aromatic heterocycles. The molecule has 1 saturated carbocycles. The van der Waals surface area contributed by atoms with Crippen LogP contribution in [0.3, 0.4) is 0 Å². The maximum Gasteiger partial charge on any atom is 0.0660 e. The number of terminal acetylenes is 1. The molecule has 0 saturated heterocycles. The van der Waals surface area contributed by atoms with Gasteiger partial charge in [-0.3, -0.25) is 0 Å². The molecule has 1 fully saturated rings. The largest absolute Gasteiger partial charge is 0.301 e. The highest BCUT2D eigenvalue weighted by Gasteiger charge is 2.38. The van der Waals surface area contributed by atoms with Crippen molar-refractivity contribution < 1.29 is 0 Å². The average Bonchev–Trinajstić information content (AvgIpc) is 2.78. The maximum atomic E-state index is 5.37. The molecule has 5 unspecified atom stereocenters. The molecule has 2 aliphatic carbocycles. The Kier molecular flexibility index (Phi) is 2.65. The Labute approximate surface area is 87.0 Å². The first-order valence-electron chi connectivity index (χ1n) is 5.61. The van der Waals surface area contributed by atoms with Gasteiger partial charge in [0.2, 0.25) is 0 Å². The van der Waals surface area contributed by atoms with E-state index in [0.29, 0.717) is 6.04 Å². The molecule has 2 aliphatic rings. The van der Waals surface area contributed by atoms with E-state index in [9.17, 15) is 0 Å². The van der Waals surface area contributed by atoms with Gasteiger partial charge in [0.1, 0.15) is 0 Å². The van der Waals surface area contributed by atoms with Gasteiger partial charge in [-0.2, -0.15) is 0 Å². The van der Waals surface area contributed by atoms with Gasteiger partial charge in [-0.15, -0.1) is 6.42 Å². The van der Waals surface area contributed by atoms with E-state index >= 15 is 0 Å². The van der Waals surface area contributed by atoms with Crippen LogP contribution in [0.25, 0.3) is 0 Å². The minimum Gasteiger partial charge on any atom is -0.301 e. The molecule has 1 N–H and O–H groups in total. The quantitative estimate of drug-likeness (QED) is 0.530. The average molecular weight is 189 g/mol. The minimum atomic E-state index is 0.202. The van der Waals surface area contributed by atoms with Gasteiger partial charge < -0.3 is 5.32 Å². The monoisotopic (exact) mass is 189 g/mol. The summed E-state index contributed by atoms with van der Waals surface area (Å²) in [6, 6.07) is 0.758. The Morgan fingerprint density at radius 1 is 1.36 bits per heavy atom. The molecule has 0 aliphatic heterocycles. The molecule has 0 spiro atoms. The molecule has 2 bridgehead atoms. The summed E-state index contributed by atoms with van der Waals surface area (Å²) in [5.74, 6) is 5.21. The van der Waals surface area contributed by atoms with E-state index in [4.69, 9.17) is 6.42 Å². The lowest BCUT2D eigenvalue weighted by Crippen LogP contribution is -2.40. The lowest BCUT2D eigenvalue weighted by Gasteiger charge is -2.27. The molecule has 1 nitrogen and oxygen atoms in total. The summed E-state index contributed by atoms with van der Waals surface area (Å²) in [6.45, 7) is 4.33. The highest BCUT2D eigenvalue weighted by molar-refractivity contribution is 5.12. The van der Waals surface area contributed by atoms with Crippen LogP contribution in [0.2, 0.25) is 0 Å². The summed E-state index contributed by atoms with van der Waals surface area (Å²) in [4.78, 5) is 0. The van der Waals surface area contributed by atoms with Crippen molar-refractivity contribution in [2.24, 2.45) is 17.8 Å². The van der Waals surface area contributed by atoms with Crippen LogP contribution in [0, 0.1) is 30.1 Å². The SMILES string of the molecule is C#CC(C)NC(C)C1CC2C=CC1C2. The molecule has 0 aromatic carbocycles. The standard InChI is InChI=1S/C13H19N/c1-4-9(2)14-10(3)13-8-11-5-6-12(13)7-11/h1,5-6,9-14H,7-8H2,2-3H3. The van der Waals surface area contributed by atoms with Crippen molar-refractivity contribution >= 4 is 0 Å². The van der Waals surface area contributed by atoms with E-state index in [-0.39, 0.29) is 6.04 Å². The van der Waals surface area contributed by atoms with Gasteiger partial charge in [0.25, 0.3) is 0 Å². The summed E-state index contributed by atoms with van der Waals surface area (Å²) in [7, 11) is 0. The third-order valence-electron chi connectivity index (χ3n) is 3.74. The second-order valence-electron chi connectivity index (χ2n) is 4.79. The number of hydrogen-bond acceptors (Lipinski definition) is 1. The van der Waals surface area contributed by atoms with Crippen LogP contribution in [0.1, 0.15) is 26.7 Å². The number of allylic oxidation sites excluding steroid dienone is 2. The number of hydrogen-bond donors (Lipinski definition) is 1. The molecule has 14 heavy (non-hydrogen) atoms. The number of fused-ring (bicyclic) bond motifs is 2. The van der Waals surface area contributed by atoms with Crippen molar-refractivity contribution in [3.63, 3.8) is 0 Å². The van der Waals surface area contributed by atoms with Gasteiger partial charge in [0.15, 0.2) is 0 Å². The van der Waals surface area contributed by atoms with Crippen molar-refractivity contribution in [3.05, 3.63) is 12.2 Å². The molecule has 76 valence electrons. The van der Waals surface area contributed by atoms with Crippen molar-refractivity contribution in [2.75, 3.05) is 0 Å². The van der Waals surface area contributed by atoms with E-state index in [2.05, 4.69) is 37.2 Å². The summed E-state index contributed by atoms with van der Waals surface area (Å²) in [5.41, 5.74) is 0. The third-order valence-corrected chi connectivity index (χ3v) is 3.74. The van der Waals surface area contributed by atoms with E-state index < -0.39 is 0 Å². The van der Waals surface area contributed by atoms with E-state index in [1.807, 2.05) is 0 Å². The van der Waals surface area contributed by atoms with Crippen LogP contribution in [-0.4, -0.2) is 12.1 Å². The number of rotatable bonds is 3. The van der Waals surface area contributed by atoms with Crippen LogP contribution >= 0.6 is 0 Å². The van der Waals surface area contributed by atoms with E-state index in [0.717, 1.165) is 17.8 Å². The third kappa shape index (κ3) is 1.72. The first-order chi connectivity index (χ1) is 6.70. The van der Waals surface area contributed by atoms with Gasteiger partial charge >= 0.3 is 0 Å². The molecule has 0 aromatic rings. The van der Waals surface area contributed by atoms with Crippen LogP contribution in [0.4, 0.5) is 0 Å². The smallest absolute Gasteiger partial charge is 0.0660 e. The highest BCUT2D eigenvalue weighted by Crippen LogP contribution is 2.44. The summed E-state index contributed by atoms with van der Waals surface area (Å²) in [6.07, 6.45) is 12.9. The second kappa shape index (κ2) is 3.79. The van der Waals surface area contributed by atoms with Crippen LogP contribution < -0.4 is 5.32 Å². The predicted molar refractivity (Wildman–Crippen MR) is 59.7 cm³/mol. The fourth-order valence-corrected chi connectivity index (χ4v) is 2.96. The van der Waals surface area contributed by atoms with Gasteiger partial charge in [-0.1, -0.05) is 18.1 Å². The Balaban J connectivity index is 1.91. The molecular formula is C13H19N. The summed E-state index contributed by atoms with van der Waals surface area (Å²) < 4.78 is 0. The van der Waals surface area contributed by atoms with Crippen molar-refractivity contribution in [1.82, 2.24) is 5.32 Å². The molecule has 1 heteroatoms. The van der Waals surface area contributed by atoms with Crippen LogP contribution in [0.15, 0.2) is 12.2 Å². The zero-order valence-corrected chi connectivity index (χ0v) is 9.03. The van der Waals surface area contributed by atoms with Gasteiger partial charge in [-0.05, 0) is 44.4 Å². The van der Waals surface area contributed by atoms with E-state index in [1.165, 1.54) is 12.8 Å². The Morgan fingerprint density at radius 2 is 2.14 bits per heavy atom. The number of nitrogens with one attached hydrogen (secondary N) is 1. The highest BCUT2D eigenvalue weighted by atomic mass is 14.9. The normalized spacial score (nSPS) is 38.2. The maximum absolute atomic E-state index is 5.37. The first kappa shape index (κ1) is 9.80. The van der Waals surface area contributed by atoms with Crippen LogP contribution in [-0.2, 0) is 0 Å². The molecule has 2 rings (SSSR count). The summed E-state index contributed by atoms with van der Waals surface area (Å²) >= 11 is 0. The molecular weight excluding hydrogens is 170 g/mol. The zero-order valence-electron chi connectivity index (χ0n) is 9.03. The van der Waals surface area contributed by atoms with Crippen molar-refractivity contribution in [3.8, 4) is 12.3 Å². The molecule has 0 radical (unpaired) electrons. The van der Waals surface area contributed by atoms with Crippen LogP contribution in [0.5, 0.6) is 0 Å². The first-order valence-corrected chi connectivity index (χ1v) is 5.61. The lowest BCUT2D eigenvalue weighted by atomic mass is 9.87. The lowest BCUT2D eigenvalue weighted by molar-refractivity contribution is 0.320.